The topological polar surface area (TPSA) is 24.5 Å². The van der Waals surface area contributed by atoms with E-state index in [2.05, 4.69) is 10.2 Å². The number of rotatable bonds is 7. The fourth-order valence-electron chi connectivity index (χ4n) is 3.22. The summed E-state index contributed by atoms with van der Waals surface area (Å²) in [6.07, 6.45) is 6.75. The predicted octanol–water partition coefficient (Wildman–Crippen LogP) is 1.49. The van der Waals surface area contributed by atoms with Crippen LogP contribution in [0.15, 0.2) is 0 Å². The van der Waals surface area contributed by atoms with Crippen molar-refractivity contribution in [1.82, 2.24) is 10.2 Å². The zero-order valence-electron chi connectivity index (χ0n) is 10.9. The summed E-state index contributed by atoms with van der Waals surface area (Å²) in [7, 11) is 0. The summed E-state index contributed by atoms with van der Waals surface area (Å²) in [6, 6.07) is 0.789. The van der Waals surface area contributed by atoms with Gasteiger partial charge in [0.05, 0.1) is 0 Å². The molecule has 0 aromatic rings. The Morgan fingerprint density at radius 1 is 1.12 bits per heavy atom. The van der Waals surface area contributed by atoms with Gasteiger partial charge in [0.1, 0.15) is 0 Å². The lowest BCUT2D eigenvalue weighted by molar-refractivity contribution is 0.120. The van der Waals surface area contributed by atoms with Crippen LogP contribution in [-0.2, 0) is 4.74 Å². The van der Waals surface area contributed by atoms with Crippen molar-refractivity contribution in [3.05, 3.63) is 0 Å². The smallest absolute Gasteiger partial charge is 0.0494 e. The molecule has 2 bridgehead atoms. The SMILES string of the molecule is C(CNC1CCN2CCC1C2)COCC1CC1. The lowest BCUT2D eigenvalue weighted by Gasteiger charge is -2.31. The van der Waals surface area contributed by atoms with E-state index in [9.17, 15) is 0 Å². The van der Waals surface area contributed by atoms with E-state index in [1.54, 1.807) is 0 Å². The summed E-state index contributed by atoms with van der Waals surface area (Å²) >= 11 is 0. The molecule has 3 fully saturated rings. The maximum atomic E-state index is 5.66. The highest BCUT2D eigenvalue weighted by molar-refractivity contribution is 4.90. The van der Waals surface area contributed by atoms with Gasteiger partial charge in [-0.1, -0.05) is 0 Å². The molecule has 1 aliphatic carbocycles. The molecule has 2 aliphatic heterocycles. The molecule has 3 nitrogen and oxygen atoms in total. The number of piperidine rings is 1. The molecule has 0 spiro atoms. The molecule has 3 rings (SSSR count). The Bertz CT molecular complexity index is 242. The lowest BCUT2D eigenvalue weighted by Crippen LogP contribution is -2.44. The molecule has 17 heavy (non-hydrogen) atoms. The molecule has 3 heteroatoms. The highest BCUT2D eigenvalue weighted by atomic mass is 16.5. The Morgan fingerprint density at radius 3 is 2.88 bits per heavy atom. The van der Waals surface area contributed by atoms with Gasteiger partial charge in [-0.15, -0.1) is 0 Å². The van der Waals surface area contributed by atoms with Crippen LogP contribution in [0.3, 0.4) is 0 Å². The highest BCUT2D eigenvalue weighted by Gasteiger charge is 2.33. The summed E-state index contributed by atoms with van der Waals surface area (Å²) in [5.74, 6) is 1.84. The van der Waals surface area contributed by atoms with Crippen LogP contribution in [0.25, 0.3) is 0 Å². The molecule has 0 aromatic heterocycles. The van der Waals surface area contributed by atoms with Crippen molar-refractivity contribution in [2.45, 2.75) is 38.1 Å². The molecule has 2 heterocycles. The first-order valence-electron chi connectivity index (χ1n) is 7.45. The summed E-state index contributed by atoms with van der Waals surface area (Å²) < 4.78 is 5.66. The zero-order valence-corrected chi connectivity index (χ0v) is 10.9. The molecule has 0 amide bonds. The van der Waals surface area contributed by atoms with E-state index in [-0.39, 0.29) is 0 Å². The Morgan fingerprint density at radius 2 is 2.00 bits per heavy atom. The molecule has 98 valence electrons. The number of hydrogen-bond acceptors (Lipinski definition) is 3. The van der Waals surface area contributed by atoms with E-state index in [0.29, 0.717) is 0 Å². The standard InChI is InChI=1S/C14H26N2O/c1(9-17-11-12-2-3-12)6-15-14-5-8-16-7-4-13(14)10-16/h12-15H,1-11H2. The third-order valence-electron chi connectivity index (χ3n) is 4.56. The van der Waals surface area contributed by atoms with Gasteiger partial charge in [0.25, 0.3) is 0 Å². The minimum Gasteiger partial charge on any atom is -0.381 e. The van der Waals surface area contributed by atoms with Crippen molar-refractivity contribution in [2.24, 2.45) is 11.8 Å². The summed E-state index contributed by atoms with van der Waals surface area (Å²) in [5, 5.41) is 3.75. The van der Waals surface area contributed by atoms with Gasteiger partial charge in [-0.25, -0.2) is 0 Å². The van der Waals surface area contributed by atoms with Crippen LogP contribution in [-0.4, -0.2) is 50.3 Å². The van der Waals surface area contributed by atoms with Crippen LogP contribution in [0.2, 0.25) is 0 Å². The summed E-state index contributed by atoms with van der Waals surface area (Å²) in [4.78, 5) is 2.61. The quantitative estimate of drug-likeness (QED) is 0.680. The van der Waals surface area contributed by atoms with E-state index in [1.807, 2.05) is 0 Å². The Labute approximate surface area is 105 Å². The number of nitrogens with one attached hydrogen (secondary N) is 1. The van der Waals surface area contributed by atoms with Crippen molar-refractivity contribution in [1.29, 1.82) is 0 Å². The van der Waals surface area contributed by atoms with E-state index in [1.165, 1.54) is 51.7 Å². The first-order chi connectivity index (χ1) is 8.42. The van der Waals surface area contributed by atoms with Gasteiger partial charge in [0.15, 0.2) is 0 Å². The molecule has 0 aromatic carbocycles. The molecule has 1 N–H and O–H groups in total. The molecule has 0 radical (unpaired) electrons. The van der Waals surface area contributed by atoms with Crippen LogP contribution in [0.1, 0.15) is 32.1 Å². The van der Waals surface area contributed by atoms with Gasteiger partial charge in [-0.2, -0.15) is 0 Å². The number of nitrogens with zero attached hydrogens (tertiary/aromatic N) is 1. The Hall–Kier alpha value is -0.120. The molecule has 1 saturated carbocycles. The van der Waals surface area contributed by atoms with E-state index < -0.39 is 0 Å². The Balaban J connectivity index is 1.23. The normalized spacial score (nSPS) is 36.4. The average Bonchev–Trinajstić information content (AvgIpc) is 3.09. The lowest BCUT2D eigenvalue weighted by atomic mass is 9.94. The second kappa shape index (κ2) is 5.68. The third-order valence-corrected chi connectivity index (χ3v) is 4.56. The first-order valence-corrected chi connectivity index (χ1v) is 7.45. The van der Waals surface area contributed by atoms with E-state index in [4.69, 9.17) is 4.74 Å². The molecular weight excluding hydrogens is 212 g/mol. The Kier molecular flexibility index (Phi) is 3.99. The van der Waals surface area contributed by atoms with E-state index >= 15 is 0 Å². The van der Waals surface area contributed by atoms with Gasteiger partial charge >= 0.3 is 0 Å². The molecular formula is C14H26N2O. The van der Waals surface area contributed by atoms with Gasteiger partial charge in [-0.05, 0) is 63.6 Å². The fourth-order valence-corrected chi connectivity index (χ4v) is 3.22. The number of ether oxygens (including phenoxy) is 1. The molecule has 3 unspecified atom stereocenters. The molecule has 3 aliphatic rings. The highest BCUT2D eigenvalue weighted by Crippen LogP contribution is 2.29. The van der Waals surface area contributed by atoms with Gasteiger partial charge in [0.2, 0.25) is 0 Å². The predicted molar refractivity (Wildman–Crippen MR) is 69.1 cm³/mol. The van der Waals surface area contributed by atoms with Gasteiger partial charge in [0, 0.05) is 25.8 Å². The van der Waals surface area contributed by atoms with Crippen molar-refractivity contribution in [3.63, 3.8) is 0 Å². The zero-order chi connectivity index (χ0) is 11.5. The van der Waals surface area contributed by atoms with Crippen LogP contribution in [0.5, 0.6) is 0 Å². The second-order valence-electron chi connectivity index (χ2n) is 6.07. The first kappa shape index (κ1) is 11.9. The minimum atomic E-state index is 0.789. The van der Waals surface area contributed by atoms with E-state index in [0.717, 1.165) is 37.6 Å². The fraction of sp³-hybridized carbons (Fsp3) is 1.00. The summed E-state index contributed by atoms with van der Waals surface area (Å²) in [5.41, 5.74) is 0. The van der Waals surface area contributed by atoms with Crippen molar-refractivity contribution in [3.8, 4) is 0 Å². The molecule has 3 atom stereocenters. The monoisotopic (exact) mass is 238 g/mol. The summed E-state index contributed by atoms with van der Waals surface area (Å²) in [6.45, 7) is 7.11. The molecule has 2 saturated heterocycles. The van der Waals surface area contributed by atoms with Crippen molar-refractivity contribution < 1.29 is 4.74 Å². The van der Waals surface area contributed by atoms with Crippen LogP contribution < -0.4 is 5.32 Å². The average molecular weight is 238 g/mol. The van der Waals surface area contributed by atoms with Gasteiger partial charge < -0.3 is 15.0 Å². The largest absolute Gasteiger partial charge is 0.381 e. The van der Waals surface area contributed by atoms with Crippen LogP contribution in [0, 0.1) is 11.8 Å². The van der Waals surface area contributed by atoms with Crippen molar-refractivity contribution in [2.75, 3.05) is 39.4 Å². The maximum absolute atomic E-state index is 5.66. The third kappa shape index (κ3) is 3.43. The number of hydrogen-bond donors (Lipinski definition) is 1. The van der Waals surface area contributed by atoms with Crippen LogP contribution in [0.4, 0.5) is 0 Å². The number of fused-ring (bicyclic) bond motifs is 2. The van der Waals surface area contributed by atoms with Crippen LogP contribution >= 0.6 is 0 Å². The van der Waals surface area contributed by atoms with Gasteiger partial charge in [-0.3, -0.25) is 0 Å². The maximum Gasteiger partial charge on any atom is 0.0494 e. The second-order valence-corrected chi connectivity index (χ2v) is 6.07. The van der Waals surface area contributed by atoms with Crippen molar-refractivity contribution >= 4 is 0 Å². The minimum absolute atomic E-state index is 0.789.